The number of benzene rings is 1. The standard InChI is InChI=1S/C21H26N4O/c22-19(26)12-11-15-6-5-13-25(14-15)21-17-9-4-10-18(17)23-20(24-21)16-7-2-1-3-8-16/h1-3,7-8,15H,4-6,9-14H2,(H2,22,26)/t15-/m1/s1. The van der Waals surface area contributed by atoms with E-state index in [0.717, 1.165) is 62.4 Å². The number of piperidine rings is 1. The molecule has 0 saturated carbocycles. The molecule has 5 nitrogen and oxygen atoms in total. The zero-order valence-corrected chi connectivity index (χ0v) is 15.2. The van der Waals surface area contributed by atoms with Gasteiger partial charge < -0.3 is 10.6 Å². The van der Waals surface area contributed by atoms with Crippen LogP contribution in [0.4, 0.5) is 5.82 Å². The number of aryl methyl sites for hydroxylation is 1. The topological polar surface area (TPSA) is 72.1 Å². The Labute approximate surface area is 154 Å². The van der Waals surface area contributed by atoms with E-state index in [2.05, 4.69) is 17.0 Å². The van der Waals surface area contributed by atoms with Crippen molar-refractivity contribution in [3.8, 4) is 11.4 Å². The summed E-state index contributed by atoms with van der Waals surface area (Å²) in [7, 11) is 0. The molecular formula is C21H26N4O. The second-order valence-corrected chi connectivity index (χ2v) is 7.47. The summed E-state index contributed by atoms with van der Waals surface area (Å²) >= 11 is 0. The highest BCUT2D eigenvalue weighted by molar-refractivity contribution is 5.73. The van der Waals surface area contributed by atoms with Gasteiger partial charge in [0.2, 0.25) is 5.91 Å². The average Bonchev–Trinajstić information content (AvgIpc) is 3.15. The SMILES string of the molecule is NC(=O)CC[C@H]1CCCN(c2nc(-c3ccccc3)nc3c2CCC3)C1. The first kappa shape index (κ1) is 17.0. The Balaban J connectivity index is 1.63. The molecule has 1 aromatic carbocycles. The Morgan fingerprint density at radius 3 is 2.81 bits per heavy atom. The highest BCUT2D eigenvalue weighted by Gasteiger charge is 2.27. The molecule has 0 bridgehead atoms. The fraction of sp³-hybridized carbons (Fsp3) is 0.476. The lowest BCUT2D eigenvalue weighted by Crippen LogP contribution is -2.37. The van der Waals surface area contributed by atoms with E-state index in [-0.39, 0.29) is 5.91 Å². The number of hydrogen-bond acceptors (Lipinski definition) is 4. The zero-order chi connectivity index (χ0) is 17.9. The van der Waals surface area contributed by atoms with Gasteiger partial charge in [-0.15, -0.1) is 0 Å². The largest absolute Gasteiger partial charge is 0.370 e. The summed E-state index contributed by atoms with van der Waals surface area (Å²) < 4.78 is 0. The van der Waals surface area contributed by atoms with E-state index in [1.807, 2.05) is 18.2 Å². The van der Waals surface area contributed by atoms with Gasteiger partial charge in [-0.25, -0.2) is 9.97 Å². The van der Waals surface area contributed by atoms with Crippen molar-refractivity contribution in [1.29, 1.82) is 0 Å². The average molecular weight is 350 g/mol. The Hall–Kier alpha value is -2.43. The smallest absolute Gasteiger partial charge is 0.217 e. The van der Waals surface area contributed by atoms with Crippen LogP contribution in [0.3, 0.4) is 0 Å². The summed E-state index contributed by atoms with van der Waals surface area (Å²) in [5, 5.41) is 0. The molecule has 1 saturated heterocycles. The van der Waals surface area contributed by atoms with Gasteiger partial charge in [0.15, 0.2) is 5.82 Å². The minimum absolute atomic E-state index is 0.198. The van der Waals surface area contributed by atoms with Gasteiger partial charge in [-0.05, 0) is 44.4 Å². The number of primary amides is 1. The Bertz CT molecular complexity index is 790. The number of hydrogen-bond donors (Lipinski definition) is 1. The third-order valence-corrected chi connectivity index (χ3v) is 5.56. The van der Waals surface area contributed by atoms with Gasteiger partial charge in [0.05, 0.1) is 0 Å². The maximum atomic E-state index is 11.1. The first-order valence-corrected chi connectivity index (χ1v) is 9.69. The molecule has 0 radical (unpaired) electrons. The van der Waals surface area contributed by atoms with Crippen LogP contribution in [0.25, 0.3) is 11.4 Å². The Kier molecular flexibility index (Phi) is 4.87. The summed E-state index contributed by atoms with van der Waals surface area (Å²) in [6, 6.07) is 10.2. The molecule has 1 atom stereocenters. The van der Waals surface area contributed by atoms with Crippen LogP contribution < -0.4 is 10.6 Å². The quantitative estimate of drug-likeness (QED) is 0.899. The lowest BCUT2D eigenvalue weighted by Gasteiger charge is -2.34. The first-order chi connectivity index (χ1) is 12.7. The summed E-state index contributed by atoms with van der Waals surface area (Å²) in [6.45, 7) is 2.00. The van der Waals surface area contributed by atoms with Gasteiger partial charge in [-0.2, -0.15) is 0 Å². The number of carbonyl (C=O) groups excluding carboxylic acids is 1. The van der Waals surface area contributed by atoms with Crippen molar-refractivity contribution in [2.24, 2.45) is 11.7 Å². The molecule has 4 rings (SSSR count). The fourth-order valence-electron chi connectivity index (χ4n) is 4.23. The van der Waals surface area contributed by atoms with Crippen LogP contribution in [0.5, 0.6) is 0 Å². The Morgan fingerprint density at radius 2 is 2.00 bits per heavy atom. The van der Waals surface area contributed by atoms with Crippen LogP contribution in [-0.2, 0) is 17.6 Å². The molecule has 2 N–H and O–H groups in total. The number of nitrogens with zero attached hydrogens (tertiary/aromatic N) is 3. The van der Waals surface area contributed by atoms with Gasteiger partial charge >= 0.3 is 0 Å². The van der Waals surface area contributed by atoms with Crippen LogP contribution in [0.1, 0.15) is 43.4 Å². The maximum absolute atomic E-state index is 11.1. The molecule has 2 heterocycles. The molecule has 2 aliphatic rings. The molecule has 0 unspecified atom stereocenters. The monoisotopic (exact) mass is 350 g/mol. The molecule has 136 valence electrons. The zero-order valence-electron chi connectivity index (χ0n) is 15.2. The third kappa shape index (κ3) is 3.57. The van der Waals surface area contributed by atoms with Crippen molar-refractivity contribution in [1.82, 2.24) is 9.97 Å². The lowest BCUT2D eigenvalue weighted by molar-refractivity contribution is -0.118. The summed E-state index contributed by atoms with van der Waals surface area (Å²) in [4.78, 5) is 23.4. The van der Waals surface area contributed by atoms with Crippen molar-refractivity contribution in [2.75, 3.05) is 18.0 Å². The van der Waals surface area contributed by atoms with E-state index < -0.39 is 0 Å². The van der Waals surface area contributed by atoms with E-state index in [0.29, 0.717) is 12.3 Å². The van der Waals surface area contributed by atoms with Gasteiger partial charge in [-0.1, -0.05) is 30.3 Å². The van der Waals surface area contributed by atoms with Crippen LogP contribution in [0.2, 0.25) is 0 Å². The highest BCUT2D eigenvalue weighted by atomic mass is 16.1. The van der Waals surface area contributed by atoms with Crippen LogP contribution in [0, 0.1) is 5.92 Å². The minimum atomic E-state index is -0.198. The number of aromatic nitrogens is 2. The lowest BCUT2D eigenvalue weighted by atomic mass is 9.93. The van der Waals surface area contributed by atoms with Crippen molar-refractivity contribution in [2.45, 2.75) is 44.9 Å². The van der Waals surface area contributed by atoms with E-state index >= 15 is 0 Å². The van der Waals surface area contributed by atoms with Crippen LogP contribution in [0.15, 0.2) is 30.3 Å². The summed E-state index contributed by atoms with van der Waals surface area (Å²) in [5.74, 6) is 2.27. The number of rotatable bonds is 5. The number of amides is 1. The fourth-order valence-corrected chi connectivity index (χ4v) is 4.23. The summed E-state index contributed by atoms with van der Waals surface area (Å²) in [5.41, 5.74) is 8.96. The van der Waals surface area contributed by atoms with Gasteiger partial charge in [0.1, 0.15) is 5.82 Å². The molecule has 1 aliphatic heterocycles. The van der Waals surface area contributed by atoms with Crippen molar-refractivity contribution in [3.05, 3.63) is 41.6 Å². The molecule has 1 aromatic heterocycles. The van der Waals surface area contributed by atoms with Crippen LogP contribution in [-0.4, -0.2) is 29.0 Å². The predicted molar refractivity (Wildman–Crippen MR) is 103 cm³/mol. The van der Waals surface area contributed by atoms with Gasteiger partial charge in [0.25, 0.3) is 0 Å². The Morgan fingerprint density at radius 1 is 1.15 bits per heavy atom. The number of nitrogens with two attached hydrogens (primary N) is 1. The second-order valence-electron chi connectivity index (χ2n) is 7.47. The van der Waals surface area contributed by atoms with E-state index in [4.69, 9.17) is 15.7 Å². The van der Waals surface area contributed by atoms with Crippen molar-refractivity contribution < 1.29 is 4.79 Å². The molecule has 1 amide bonds. The summed E-state index contributed by atoms with van der Waals surface area (Å²) in [6.07, 6.45) is 6.95. The van der Waals surface area contributed by atoms with E-state index in [1.54, 1.807) is 0 Å². The third-order valence-electron chi connectivity index (χ3n) is 5.56. The molecular weight excluding hydrogens is 324 g/mol. The normalized spacial score (nSPS) is 19.4. The number of carbonyl (C=O) groups is 1. The van der Waals surface area contributed by atoms with Crippen LogP contribution >= 0.6 is 0 Å². The highest BCUT2D eigenvalue weighted by Crippen LogP contribution is 2.34. The minimum Gasteiger partial charge on any atom is -0.370 e. The molecule has 5 heteroatoms. The molecule has 1 fully saturated rings. The van der Waals surface area contributed by atoms with Crippen molar-refractivity contribution >= 4 is 11.7 Å². The molecule has 1 aliphatic carbocycles. The van der Waals surface area contributed by atoms with E-state index in [9.17, 15) is 4.79 Å². The predicted octanol–water partition coefficient (Wildman–Crippen LogP) is 3.11. The first-order valence-electron chi connectivity index (χ1n) is 9.69. The maximum Gasteiger partial charge on any atom is 0.217 e. The molecule has 0 spiro atoms. The van der Waals surface area contributed by atoms with Crippen molar-refractivity contribution in [3.63, 3.8) is 0 Å². The number of anilines is 1. The van der Waals surface area contributed by atoms with Gasteiger partial charge in [0, 0.05) is 36.3 Å². The molecule has 26 heavy (non-hydrogen) atoms. The van der Waals surface area contributed by atoms with E-state index in [1.165, 1.54) is 17.7 Å². The second kappa shape index (κ2) is 7.44. The van der Waals surface area contributed by atoms with Gasteiger partial charge in [-0.3, -0.25) is 4.79 Å². The number of fused-ring (bicyclic) bond motifs is 1. The molecule has 2 aromatic rings.